The Balaban J connectivity index is 1.43. The molecule has 1 fully saturated rings. The zero-order valence-corrected chi connectivity index (χ0v) is 19.9. The standard InChI is InChI=1S/C26H24Cl2N4O2/c27-19-9-5-17(6-10-19)24-15-21(31-33)16-25(18-7-11-20(28)12-8-18)32(24)34-14-13-26-29-22-3-1-2-4-23(22)30-26/h1-12,24-25,33H,13-16H2,(H,29,30). The second-order valence-corrected chi connectivity index (χ2v) is 9.23. The summed E-state index contributed by atoms with van der Waals surface area (Å²) in [5.41, 5.74) is 4.74. The summed E-state index contributed by atoms with van der Waals surface area (Å²) in [6.07, 6.45) is 1.73. The number of piperidine rings is 1. The third-order valence-electron chi connectivity index (χ3n) is 6.14. The molecule has 0 saturated carbocycles. The van der Waals surface area contributed by atoms with Crippen LogP contribution >= 0.6 is 23.2 Å². The van der Waals surface area contributed by atoms with E-state index >= 15 is 0 Å². The molecule has 1 aliphatic rings. The van der Waals surface area contributed by atoms with Gasteiger partial charge in [0.1, 0.15) is 5.82 Å². The van der Waals surface area contributed by atoms with Gasteiger partial charge in [-0.1, -0.05) is 64.8 Å². The Labute approximate surface area is 207 Å². The number of rotatable bonds is 6. The minimum Gasteiger partial charge on any atom is -0.411 e. The van der Waals surface area contributed by atoms with Crippen LogP contribution < -0.4 is 0 Å². The predicted molar refractivity (Wildman–Crippen MR) is 134 cm³/mol. The number of hydrogen-bond donors (Lipinski definition) is 2. The maximum atomic E-state index is 9.66. The number of hydroxylamine groups is 2. The molecule has 174 valence electrons. The van der Waals surface area contributed by atoms with Gasteiger partial charge in [0.05, 0.1) is 35.4 Å². The van der Waals surface area contributed by atoms with E-state index in [1.54, 1.807) is 0 Å². The van der Waals surface area contributed by atoms with Crippen molar-refractivity contribution in [2.45, 2.75) is 31.3 Å². The van der Waals surface area contributed by atoms with E-state index < -0.39 is 0 Å². The third-order valence-corrected chi connectivity index (χ3v) is 6.64. The van der Waals surface area contributed by atoms with Crippen molar-refractivity contribution in [3.05, 3.63) is 99.8 Å². The monoisotopic (exact) mass is 494 g/mol. The van der Waals surface area contributed by atoms with Crippen molar-refractivity contribution >= 4 is 39.9 Å². The van der Waals surface area contributed by atoms with E-state index in [4.69, 9.17) is 28.0 Å². The van der Waals surface area contributed by atoms with E-state index in [2.05, 4.69) is 15.1 Å². The highest BCUT2D eigenvalue weighted by Crippen LogP contribution is 2.41. The molecule has 1 aliphatic heterocycles. The molecule has 5 rings (SSSR count). The Morgan fingerprint density at radius 1 is 0.912 bits per heavy atom. The molecule has 2 heterocycles. The second kappa shape index (κ2) is 10.2. The normalized spacial score (nSPS) is 18.9. The van der Waals surface area contributed by atoms with Crippen LogP contribution in [0.25, 0.3) is 11.0 Å². The number of fused-ring (bicyclic) bond motifs is 1. The van der Waals surface area contributed by atoms with Crippen molar-refractivity contribution in [3.63, 3.8) is 0 Å². The average molecular weight is 495 g/mol. The molecule has 1 aromatic heterocycles. The van der Waals surface area contributed by atoms with Crippen LogP contribution in [0.5, 0.6) is 0 Å². The largest absolute Gasteiger partial charge is 0.411 e. The SMILES string of the molecule is ON=C1CC(c2ccc(Cl)cc2)N(OCCc2nc3ccccc3[nH]2)C(c2ccc(Cl)cc2)C1. The summed E-state index contributed by atoms with van der Waals surface area (Å²) in [5, 5.41) is 16.6. The van der Waals surface area contributed by atoms with Crippen LogP contribution in [0, 0.1) is 0 Å². The highest BCUT2D eigenvalue weighted by molar-refractivity contribution is 6.30. The summed E-state index contributed by atoms with van der Waals surface area (Å²) < 4.78 is 0. The number of imidazole rings is 1. The minimum absolute atomic E-state index is 0.145. The van der Waals surface area contributed by atoms with Gasteiger partial charge < -0.3 is 10.2 Å². The van der Waals surface area contributed by atoms with Gasteiger partial charge in [-0.3, -0.25) is 4.84 Å². The molecular formula is C26H24Cl2N4O2. The number of aromatic amines is 1. The van der Waals surface area contributed by atoms with Crippen LogP contribution in [0.1, 0.15) is 41.9 Å². The molecule has 0 spiro atoms. The molecule has 4 aromatic rings. The van der Waals surface area contributed by atoms with Crippen molar-refractivity contribution in [1.82, 2.24) is 15.0 Å². The maximum absolute atomic E-state index is 9.66. The van der Waals surface area contributed by atoms with Gasteiger partial charge in [-0.2, -0.15) is 5.06 Å². The van der Waals surface area contributed by atoms with Crippen LogP contribution in [0.15, 0.2) is 78.0 Å². The summed E-state index contributed by atoms with van der Waals surface area (Å²) in [5.74, 6) is 0.877. The first-order valence-electron chi connectivity index (χ1n) is 11.2. The summed E-state index contributed by atoms with van der Waals surface area (Å²) in [7, 11) is 0. The number of nitrogens with one attached hydrogen (secondary N) is 1. The Hall–Kier alpha value is -2.90. The lowest BCUT2D eigenvalue weighted by Crippen LogP contribution is -2.40. The lowest BCUT2D eigenvalue weighted by atomic mass is 9.88. The van der Waals surface area contributed by atoms with Gasteiger partial charge in [0.15, 0.2) is 0 Å². The molecule has 0 amide bonds. The first kappa shape index (κ1) is 22.9. The maximum Gasteiger partial charge on any atom is 0.109 e. The number of para-hydroxylation sites is 2. The van der Waals surface area contributed by atoms with E-state index in [1.165, 1.54) is 0 Å². The Bertz CT molecular complexity index is 1200. The Morgan fingerprint density at radius 2 is 1.50 bits per heavy atom. The van der Waals surface area contributed by atoms with Gasteiger partial charge in [0.25, 0.3) is 0 Å². The van der Waals surface area contributed by atoms with E-state index in [1.807, 2.05) is 77.9 Å². The van der Waals surface area contributed by atoms with Crippen molar-refractivity contribution in [2.75, 3.05) is 6.61 Å². The zero-order valence-electron chi connectivity index (χ0n) is 18.4. The van der Waals surface area contributed by atoms with Gasteiger partial charge in [0, 0.05) is 29.3 Å². The average Bonchev–Trinajstić information content (AvgIpc) is 3.28. The molecule has 2 N–H and O–H groups in total. The molecule has 0 bridgehead atoms. The Kier molecular flexibility index (Phi) is 6.83. The number of benzene rings is 3. The second-order valence-electron chi connectivity index (χ2n) is 8.35. The number of hydrogen-bond acceptors (Lipinski definition) is 5. The van der Waals surface area contributed by atoms with Crippen LogP contribution in [0.4, 0.5) is 0 Å². The van der Waals surface area contributed by atoms with Gasteiger partial charge >= 0.3 is 0 Å². The van der Waals surface area contributed by atoms with Crippen molar-refractivity contribution in [2.24, 2.45) is 5.16 Å². The van der Waals surface area contributed by atoms with Gasteiger partial charge in [0.2, 0.25) is 0 Å². The number of halogens is 2. The van der Waals surface area contributed by atoms with Crippen LogP contribution in [0.3, 0.4) is 0 Å². The van der Waals surface area contributed by atoms with Crippen LogP contribution in [-0.4, -0.2) is 32.6 Å². The molecule has 3 aromatic carbocycles. The number of H-pyrrole nitrogens is 1. The minimum atomic E-state index is -0.145. The molecule has 1 saturated heterocycles. The summed E-state index contributed by atoms with van der Waals surface area (Å²) in [6, 6.07) is 23.1. The quantitative estimate of drug-likeness (QED) is 0.229. The van der Waals surface area contributed by atoms with Crippen molar-refractivity contribution in [3.8, 4) is 0 Å². The van der Waals surface area contributed by atoms with Gasteiger partial charge in [-0.15, -0.1) is 0 Å². The molecular weight excluding hydrogens is 471 g/mol. The fourth-order valence-electron chi connectivity index (χ4n) is 4.46. The van der Waals surface area contributed by atoms with E-state index in [-0.39, 0.29) is 12.1 Å². The van der Waals surface area contributed by atoms with Gasteiger partial charge in [-0.25, -0.2) is 4.98 Å². The van der Waals surface area contributed by atoms with Gasteiger partial charge in [-0.05, 0) is 47.5 Å². The van der Waals surface area contributed by atoms with E-state index in [0.29, 0.717) is 35.9 Å². The third kappa shape index (κ3) is 4.95. The first-order chi connectivity index (χ1) is 16.6. The Morgan fingerprint density at radius 3 is 2.06 bits per heavy atom. The fourth-order valence-corrected chi connectivity index (χ4v) is 4.71. The fraction of sp³-hybridized carbons (Fsp3) is 0.231. The molecule has 2 atom stereocenters. The van der Waals surface area contributed by atoms with E-state index in [9.17, 15) is 5.21 Å². The highest BCUT2D eigenvalue weighted by atomic mass is 35.5. The first-order valence-corrected chi connectivity index (χ1v) is 11.9. The lowest BCUT2D eigenvalue weighted by molar-refractivity contribution is -0.220. The van der Waals surface area contributed by atoms with Crippen molar-refractivity contribution < 1.29 is 10.0 Å². The molecule has 34 heavy (non-hydrogen) atoms. The summed E-state index contributed by atoms with van der Waals surface area (Å²) in [6.45, 7) is 0.444. The van der Waals surface area contributed by atoms with E-state index in [0.717, 1.165) is 33.7 Å². The molecule has 6 nitrogen and oxygen atoms in total. The molecule has 8 heteroatoms. The lowest BCUT2D eigenvalue weighted by Gasteiger charge is -2.41. The smallest absolute Gasteiger partial charge is 0.109 e. The number of nitrogens with zero attached hydrogens (tertiary/aromatic N) is 3. The van der Waals surface area contributed by atoms with Crippen LogP contribution in [0.2, 0.25) is 10.0 Å². The number of oxime groups is 1. The molecule has 2 unspecified atom stereocenters. The zero-order chi connectivity index (χ0) is 23.5. The van der Waals surface area contributed by atoms with Crippen molar-refractivity contribution in [1.29, 1.82) is 0 Å². The highest BCUT2D eigenvalue weighted by Gasteiger charge is 2.37. The summed E-state index contributed by atoms with van der Waals surface area (Å²) in [4.78, 5) is 14.5. The predicted octanol–water partition coefficient (Wildman–Crippen LogP) is 6.75. The van der Waals surface area contributed by atoms with Crippen LogP contribution in [-0.2, 0) is 11.3 Å². The molecule has 0 aliphatic carbocycles. The summed E-state index contributed by atoms with van der Waals surface area (Å²) >= 11 is 12.3. The molecule has 0 radical (unpaired) electrons. The number of aromatic nitrogens is 2. The topological polar surface area (TPSA) is 73.7 Å².